The van der Waals surface area contributed by atoms with Crippen LogP contribution in [0.2, 0.25) is 0 Å². The number of H-pyrrole nitrogens is 1. The Balaban J connectivity index is 1.75. The lowest BCUT2D eigenvalue weighted by atomic mass is 10.0. The highest BCUT2D eigenvalue weighted by atomic mass is 16.2. The van der Waals surface area contributed by atoms with Crippen LogP contribution in [0, 0.1) is 0 Å². The Morgan fingerprint density at radius 3 is 3.20 bits per heavy atom. The van der Waals surface area contributed by atoms with Crippen molar-refractivity contribution in [3.8, 4) is 0 Å². The van der Waals surface area contributed by atoms with E-state index in [9.17, 15) is 4.79 Å². The van der Waals surface area contributed by atoms with Gasteiger partial charge in [-0.2, -0.15) is 10.2 Å². The van der Waals surface area contributed by atoms with Gasteiger partial charge in [-0.1, -0.05) is 6.92 Å². The number of hydrogen-bond donors (Lipinski definition) is 1. The maximum Gasteiger partial charge on any atom is 0.257 e. The number of carbonyl (C=O) groups is 1. The molecular formula is C13H18N6O. The van der Waals surface area contributed by atoms with Crippen LogP contribution in [-0.2, 0) is 6.42 Å². The van der Waals surface area contributed by atoms with Gasteiger partial charge in [0.1, 0.15) is 12.7 Å². The van der Waals surface area contributed by atoms with Gasteiger partial charge in [0.25, 0.3) is 5.91 Å². The molecule has 106 valence electrons. The van der Waals surface area contributed by atoms with Gasteiger partial charge < -0.3 is 4.90 Å². The Hall–Kier alpha value is -2.18. The number of aryl methyl sites for hydroxylation is 1. The third-order valence-corrected chi connectivity index (χ3v) is 3.80. The monoisotopic (exact) mass is 274 g/mol. The maximum absolute atomic E-state index is 12.6. The zero-order chi connectivity index (χ0) is 13.9. The SMILES string of the molecule is CCc1[nH]ncc1C(=O)N1CCCC(n2cncn2)C1. The summed E-state index contributed by atoms with van der Waals surface area (Å²) in [6.45, 7) is 3.48. The highest BCUT2D eigenvalue weighted by molar-refractivity contribution is 5.95. The van der Waals surface area contributed by atoms with Gasteiger partial charge in [-0.25, -0.2) is 9.67 Å². The summed E-state index contributed by atoms with van der Waals surface area (Å²) in [6, 6.07) is 0.215. The van der Waals surface area contributed by atoms with Gasteiger partial charge in [0.15, 0.2) is 0 Å². The van der Waals surface area contributed by atoms with E-state index in [4.69, 9.17) is 0 Å². The molecule has 1 aliphatic rings. The van der Waals surface area contributed by atoms with Crippen molar-refractivity contribution in [2.75, 3.05) is 13.1 Å². The second kappa shape index (κ2) is 5.44. The molecular weight excluding hydrogens is 256 g/mol. The van der Waals surface area contributed by atoms with Crippen LogP contribution >= 0.6 is 0 Å². The van der Waals surface area contributed by atoms with E-state index < -0.39 is 0 Å². The van der Waals surface area contributed by atoms with Crippen molar-refractivity contribution >= 4 is 5.91 Å². The van der Waals surface area contributed by atoms with Crippen molar-refractivity contribution in [1.29, 1.82) is 0 Å². The van der Waals surface area contributed by atoms with Crippen molar-refractivity contribution in [3.05, 3.63) is 30.1 Å². The van der Waals surface area contributed by atoms with Crippen LogP contribution < -0.4 is 0 Å². The second-order valence-electron chi connectivity index (χ2n) is 5.04. The minimum Gasteiger partial charge on any atom is -0.336 e. The van der Waals surface area contributed by atoms with Crippen LogP contribution in [0.5, 0.6) is 0 Å². The average Bonchev–Trinajstić information content (AvgIpc) is 3.17. The van der Waals surface area contributed by atoms with E-state index in [-0.39, 0.29) is 11.9 Å². The summed E-state index contributed by atoms with van der Waals surface area (Å²) in [7, 11) is 0. The van der Waals surface area contributed by atoms with Crippen molar-refractivity contribution in [3.63, 3.8) is 0 Å². The Bertz CT molecular complexity index is 575. The zero-order valence-corrected chi connectivity index (χ0v) is 11.5. The Morgan fingerprint density at radius 1 is 1.55 bits per heavy atom. The average molecular weight is 274 g/mol. The molecule has 2 aromatic rings. The lowest BCUT2D eigenvalue weighted by molar-refractivity contribution is 0.0671. The summed E-state index contributed by atoms with van der Waals surface area (Å²) in [5, 5.41) is 11.0. The molecule has 1 N–H and O–H groups in total. The number of nitrogens with one attached hydrogen (secondary N) is 1. The van der Waals surface area contributed by atoms with Gasteiger partial charge in [0.2, 0.25) is 0 Å². The van der Waals surface area contributed by atoms with Gasteiger partial charge in [0, 0.05) is 18.8 Å². The number of aromatic amines is 1. The highest BCUT2D eigenvalue weighted by Crippen LogP contribution is 2.22. The third-order valence-electron chi connectivity index (χ3n) is 3.80. The topological polar surface area (TPSA) is 79.7 Å². The number of piperidine rings is 1. The molecule has 20 heavy (non-hydrogen) atoms. The molecule has 1 amide bonds. The first-order valence-corrected chi connectivity index (χ1v) is 6.95. The largest absolute Gasteiger partial charge is 0.336 e. The summed E-state index contributed by atoms with van der Waals surface area (Å²) in [4.78, 5) is 18.4. The van der Waals surface area contributed by atoms with Crippen molar-refractivity contribution in [1.82, 2.24) is 29.9 Å². The number of hydrogen-bond acceptors (Lipinski definition) is 4. The molecule has 1 unspecified atom stereocenters. The van der Waals surface area contributed by atoms with Gasteiger partial charge in [-0.3, -0.25) is 9.89 Å². The van der Waals surface area contributed by atoms with E-state index in [1.54, 1.807) is 12.5 Å². The Morgan fingerprint density at radius 2 is 2.45 bits per heavy atom. The highest BCUT2D eigenvalue weighted by Gasteiger charge is 2.27. The van der Waals surface area contributed by atoms with Crippen LogP contribution in [0.3, 0.4) is 0 Å². The number of rotatable bonds is 3. The quantitative estimate of drug-likeness (QED) is 0.907. The van der Waals surface area contributed by atoms with E-state index in [1.165, 1.54) is 6.33 Å². The zero-order valence-electron chi connectivity index (χ0n) is 11.5. The van der Waals surface area contributed by atoms with Crippen molar-refractivity contribution < 1.29 is 4.79 Å². The van der Waals surface area contributed by atoms with Gasteiger partial charge in [0.05, 0.1) is 17.8 Å². The molecule has 2 aromatic heterocycles. The van der Waals surface area contributed by atoms with Crippen LogP contribution in [0.25, 0.3) is 0 Å². The lowest BCUT2D eigenvalue weighted by Gasteiger charge is -2.32. The molecule has 0 bridgehead atoms. The molecule has 3 rings (SSSR count). The van der Waals surface area contributed by atoms with E-state index in [0.29, 0.717) is 12.1 Å². The Kier molecular flexibility index (Phi) is 3.49. The van der Waals surface area contributed by atoms with Crippen LogP contribution in [0.1, 0.15) is 41.9 Å². The normalized spacial score (nSPS) is 19.2. The van der Waals surface area contributed by atoms with E-state index in [0.717, 1.165) is 31.5 Å². The fourth-order valence-corrected chi connectivity index (χ4v) is 2.70. The van der Waals surface area contributed by atoms with Crippen LogP contribution in [0.4, 0.5) is 0 Å². The molecule has 1 atom stereocenters. The smallest absolute Gasteiger partial charge is 0.257 e. The second-order valence-corrected chi connectivity index (χ2v) is 5.04. The standard InChI is InChI=1S/C13H18N6O/c1-2-12-11(6-15-17-12)13(20)18-5-3-4-10(7-18)19-9-14-8-16-19/h6,8-10H,2-5,7H2,1H3,(H,15,17). The summed E-state index contributed by atoms with van der Waals surface area (Å²) in [6.07, 6.45) is 7.66. The summed E-state index contributed by atoms with van der Waals surface area (Å²) in [5.74, 6) is 0.0559. The number of likely N-dealkylation sites (tertiary alicyclic amines) is 1. The van der Waals surface area contributed by atoms with Gasteiger partial charge in [-0.05, 0) is 19.3 Å². The Labute approximate surface area is 117 Å². The molecule has 0 aromatic carbocycles. The first-order valence-electron chi connectivity index (χ1n) is 6.95. The molecule has 1 fully saturated rings. The fraction of sp³-hybridized carbons (Fsp3) is 0.538. The number of aromatic nitrogens is 5. The first-order chi connectivity index (χ1) is 9.79. The molecule has 0 saturated carbocycles. The third kappa shape index (κ3) is 2.31. The molecule has 1 saturated heterocycles. The minimum atomic E-state index is 0.0559. The molecule has 0 aliphatic carbocycles. The van der Waals surface area contributed by atoms with Crippen molar-refractivity contribution in [2.45, 2.75) is 32.2 Å². The van der Waals surface area contributed by atoms with Crippen LogP contribution in [-0.4, -0.2) is 48.9 Å². The molecule has 7 nitrogen and oxygen atoms in total. The van der Waals surface area contributed by atoms with Crippen LogP contribution in [0.15, 0.2) is 18.9 Å². The summed E-state index contributed by atoms with van der Waals surface area (Å²) >= 11 is 0. The number of carbonyl (C=O) groups excluding carboxylic acids is 1. The van der Waals surface area contributed by atoms with E-state index in [2.05, 4.69) is 20.3 Å². The van der Waals surface area contributed by atoms with Gasteiger partial charge >= 0.3 is 0 Å². The molecule has 1 aliphatic heterocycles. The first kappa shape index (κ1) is 12.8. The molecule has 3 heterocycles. The molecule has 7 heteroatoms. The van der Waals surface area contributed by atoms with E-state index in [1.807, 2.05) is 16.5 Å². The maximum atomic E-state index is 12.6. The van der Waals surface area contributed by atoms with E-state index >= 15 is 0 Å². The summed E-state index contributed by atoms with van der Waals surface area (Å²) in [5.41, 5.74) is 1.59. The minimum absolute atomic E-state index is 0.0559. The predicted octanol–water partition coefficient (Wildman–Crippen LogP) is 1.04. The summed E-state index contributed by atoms with van der Waals surface area (Å²) < 4.78 is 1.84. The van der Waals surface area contributed by atoms with Crippen molar-refractivity contribution in [2.24, 2.45) is 0 Å². The number of nitrogens with zero attached hydrogens (tertiary/aromatic N) is 5. The lowest BCUT2D eigenvalue weighted by Crippen LogP contribution is -2.41. The predicted molar refractivity (Wildman–Crippen MR) is 72.2 cm³/mol. The fourth-order valence-electron chi connectivity index (χ4n) is 2.70. The molecule has 0 radical (unpaired) electrons. The molecule has 0 spiro atoms. The number of amides is 1. The van der Waals surface area contributed by atoms with Gasteiger partial charge in [-0.15, -0.1) is 0 Å².